The van der Waals surface area contributed by atoms with Gasteiger partial charge in [-0.25, -0.2) is 0 Å². The molecule has 4 heteroatoms. The molecule has 0 aromatic heterocycles. The Balaban J connectivity index is 2.75. The van der Waals surface area contributed by atoms with Crippen LogP contribution in [-0.2, 0) is 8.85 Å². The van der Waals surface area contributed by atoms with Crippen molar-refractivity contribution in [3.63, 3.8) is 0 Å². The summed E-state index contributed by atoms with van der Waals surface area (Å²) in [6.45, 7) is 14.0. The third kappa shape index (κ3) is 4.66. The van der Waals surface area contributed by atoms with Gasteiger partial charge in [0, 0.05) is 0 Å². The molecule has 0 N–H and O–H groups in total. The van der Waals surface area contributed by atoms with Gasteiger partial charge in [-0.3, -0.25) is 0 Å². The van der Waals surface area contributed by atoms with E-state index in [1.54, 1.807) is 0 Å². The van der Waals surface area contributed by atoms with Crippen molar-refractivity contribution in [2.75, 3.05) is 0 Å². The molecule has 0 spiro atoms. The molecule has 0 radical (unpaired) electrons. The normalized spacial score (nSPS) is 23.7. The Bertz CT molecular complexity index is 244. The van der Waals surface area contributed by atoms with Gasteiger partial charge < -0.3 is 8.85 Å². The molecule has 0 aromatic carbocycles. The molecule has 0 aromatic rings. The van der Waals surface area contributed by atoms with Gasteiger partial charge in [0.2, 0.25) is 0 Å². The van der Waals surface area contributed by atoms with Crippen LogP contribution in [-0.4, -0.2) is 28.8 Å². The molecule has 126 valence electrons. The predicted octanol–water partition coefficient (Wildman–Crippen LogP) is 5.95. The Labute approximate surface area is 135 Å². The molecule has 0 bridgehead atoms. The first-order chi connectivity index (χ1) is 10.0. The Hall–Kier alpha value is 0.354. The summed E-state index contributed by atoms with van der Waals surface area (Å²) in [5.41, 5.74) is 0. The molecule has 21 heavy (non-hydrogen) atoms. The van der Waals surface area contributed by atoms with E-state index in [9.17, 15) is 0 Å². The van der Waals surface area contributed by atoms with E-state index in [4.69, 9.17) is 8.85 Å². The number of hydrogen-bond acceptors (Lipinski definition) is 2. The molecular weight excluding hydrogens is 292 g/mol. The smallest absolute Gasteiger partial charge is 0.192 e. The van der Waals surface area contributed by atoms with E-state index in [0.717, 1.165) is 0 Å². The van der Waals surface area contributed by atoms with Crippen LogP contribution in [0.3, 0.4) is 0 Å². The van der Waals surface area contributed by atoms with E-state index < -0.39 is 16.6 Å². The summed E-state index contributed by atoms with van der Waals surface area (Å²) < 4.78 is 13.5. The van der Waals surface area contributed by atoms with E-state index >= 15 is 0 Å². The molecule has 1 fully saturated rings. The minimum Gasteiger partial charge on any atom is -0.411 e. The van der Waals surface area contributed by atoms with Gasteiger partial charge >= 0.3 is 0 Å². The lowest BCUT2D eigenvalue weighted by Gasteiger charge is -2.38. The molecule has 2 unspecified atom stereocenters. The van der Waals surface area contributed by atoms with Crippen molar-refractivity contribution in [3.05, 3.63) is 0 Å². The monoisotopic (exact) mass is 330 g/mol. The average Bonchev–Trinajstić information content (AvgIpc) is 2.97. The van der Waals surface area contributed by atoms with Crippen molar-refractivity contribution >= 4 is 16.6 Å². The van der Waals surface area contributed by atoms with Crippen LogP contribution in [0.4, 0.5) is 0 Å². The molecule has 1 aliphatic rings. The van der Waals surface area contributed by atoms with Gasteiger partial charge in [-0.1, -0.05) is 41.5 Å². The molecular formula is C17H38O2Si2. The third-order valence-corrected chi connectivity index (χ3v) is 15.4. The van der Waals surface area contributed by atoms with Crippen LogP contribution >= 0.6 is 0 Å². The Morgan fingerprint density at radius 2 is 0.905 bits per heavy atom. The van der Waals surface area contributed by atoms with Crippen molar-refractivity contribution < 1.29 is 8.85 Å². The van der Waals surface area contributed by atoms with Gasteiger partial charge in [0.15, 0.2) is 16.6 Å². The first-order valence-electron chi connectivity index (χ1n) is 9.39. The van der Waals surface area contributed by atoms with E-state index in [1.165, 1.54) is 55.5 Å². The maximum absolute atomic E-state index is 6.77. The van der Waals surface area contributed by atoms with Crippen LogP contribution in [0.5, 0.6) is 0 Å². The van der Waals surface area contributed by atoms with Crippen molar-refractivity contribution in [1.82, 2.24) is 0 Å². The Kier molecular flexibility index (Phi) is 8.17. The molecule has 2 atom stereocenters. The summed E-state index contributed by atoms with van der Waals surface area (Å²) in [6.07, 6.45) is 4.53. The van der Waals surface area contributed by atoms with Gasteiger partial charge in [0.25, 0.3) is 0 Å². The fraction of sp³-hybridized carbons (Fsp3) is 1.00. The van der Waals surface area contributed by atoms with E-state index in [-0.39, 0.29) is 0 Å². The van der Waals surface area contributed by atoms with Gasteiger partial charge in [-0.05, 0) is 55.5 Å². The SMILES string of the molecule is CC[Si](CC)(CC)OC1CCCC1O[Si](CC)(CC)CC. The van der Waals surface area contributed by atoms with Gasteiger partial charge in [0.05, 0.1) is 12.2 Å². The zero-order chi connectivity index (χ0) is 15.9. The lowest BCUT2D eigenvalue weighted by atomic mass is 10.3. The zero-order valence-electron chi connectivity index (χ0n) is 15.3. The maximum atomic E-state index is 6.77. The van der Waals surface area contributed by atoms with Crippen molar-refractivity contribution in [3.8, 4) is 0 Å². The quantitative estimate of drug-likeness (QED) is 0.461. The highest BCUT2D eigenvalue weighted by molar-refractivity contribution is 6.74. The molecule has 1 aliphatic carbocycles. The predicted molar refractivity (Wildman–Crippen MR) is 98.0 cm³/mol. The van der Waals surface area contributed by atoms with Crippen LogP contribution in [0.1, 0.15) is 60.8 Å². The fourth-order valence-electron chi connectivity index (χ4n) is 3.80. The third-order valence-electron chi connectivity index (χ3n) is 6.06. The molecule has 1 saturated carbocycles. The van der Waals surface area contributed by atoms with Gasteiger partial charge in [-0.2, -0.15) is 0 Å². The molecule has 1 rings (SSSR count). The standard InChI is InChI=1S/C17H38O2Si2/c1-7-20(8-2,9-3)18-16-14-13-15-17(16)19-21(10-4,11-5)12-6/h16-17H,7-15H2,1-6H3. The highest BCUT2D eigenvalue weighted by Gasteiger charge is 2.41. The minimum absolute atomic E-state index is 0.396. The van der Waals surface area contributed by atoms with Crippen molar-refractivity contribution in [2.24, 2.45) is 0 Å². The zero-order valence-corrected chi connectivity index (χ0v) is 17.3. The topological polar surface area (TPSA) is 18.5 Å². The van der Waals surface area contributed by atoms with E-state index in [1.807, 2.05) is 0 Å². The van der Waals surface area contributed by atoms with E-state index in [2.05, 4.69) is 41.5 Å². The minimum atomic E-state index is -1.49. The highest BCUT2D eigenvalue weighted by Crippen LogP contribution is 2.35. The van der Waals surface area contributed by atoms with Crippen molar-refractivity contribution in [1.29, 1.82) is 0 Å². The second-order valence-electron chi connectivity index (χ2n) is 6.73. The van der Waals surface area contributed by atoms with Gasteiger partial charge in [-0.15, -0.1) is 0 Å². The molecule has 0 aliphatic heterocycles. The Morgan fingerprint density at radius 3 is 1.14 bits per heavy atom. The summed E-state index contributed by atoms with van der Waals surface area (Å²) in [7, 11) is -2.99. The average molecular weight is 331 g/mol. The maximum Gasteiger partial charge on any atom is 0.192 e. The number of hydrogen-bond donors (Lipinski definition) is 0. The van der Waals surface area contributed by atoms with Crippen LogP contribution < -0.4 is 0 Å². The molecule has 0 heterocycles. The fourth-order valence-corrected chi connectivity index (χ4v) is 9.63. The van der Waals surface area contributed by atoms with Crippen LogP contribution in [0.25, 0.3) is 0 Å². The van der Waals surface area contributed by atoms with Gasteiger partial charge in [0.1, 0.15) is 0 Å². The lowest BCUT2D eigenvalue weighted by Crippen LogP contribution is -2.47. The molecule has 2 nitrogen and oxygen atoms in total. The van der Waals surface area contributed by atoms with Crippen LogP contribution in [0.15, 0.2) is 0 Å². The summed E-state index contributed by atoms with van der Waals surface area (Å²) in [5.74, 6) is 0. The Morgan fingerprint density at radius 1 is 0.619 bits per heavy atom. The number of rotatable bonds is 10. The lowest BCUT2D eigenvalue weighted by molar-refractivity contribution is 0.0621. The second kappa shape index (κ2) is 8.85. The highest BCUT2D eigenvalue weighted by atomic mass is 28.4. The summed E-state index contributed by atoms with van der Waals surface area (Å²) in [5, 5.41) is 0. The summed E-state index contributed by atoms with van der Waals surface area (Å²) in [4.78, 5) is 0. The summed E-state index contributed by atoms with van der Waals surface area (Å²) in [6, 6.07) is 7.51. The molecule has 0 saturated heterocycles. The summed E-state index contributed by atoms with van der Waals surface area (Å²) >= 11 is 0. The van der Waals surface area contributed by atoms with Crippen LogP contribution in [0.2, 0.25) is 36.3 Å². The largest absolute Gasteiger partial charge is 0.411 e. The second-order valence-corrected chi connectivity index (χ2v) is 16.2. The first-order valence-corrected chi connectivity index (χ1v) is 14.5. The van der Waals surface area contributed by atoms with E-state index in [0.29, 0.717) is 12.2 Å². The van der Waals surface area contributed by atoms with Crippen molar-refractivity contribution in [2.45, 2.75) is 109 Å². The van der Waals surface area contributed by atoms with Crippen LogP contribution in [0, 0.1) is 0 Å². The molecule has 0 amide bonds. The first kappa shape index (κ1) is 19.4.